The quantitative estimate of drug-likeness (QED) is 0.739. The zero-order chi connectivity index (χ0) is 19.6. The van der Waals surface area contributed by atoms with Crippen LogP contribution in [0.2, 0.25) is 0 Å². The number of nitrogen functional groups attached to an aromatic ring is 1. The number of pyridine rings is 1. The summed E-state index contributed by atoms with van der Waals surface area (Å²) in [4.78, 5) is 7.64. The average molecular weight is 384 g/mol. The van der Waals surface area contributed by atoms with Crippen LogP contribution in [-0.2, 0) is 10.3 Å². The van der Waals surface area contributed by atoms with E-state index in [9.17, 15) is 0 Å². The van der Waals surface area contributed by atoms with Crippen molar-refractivity contribution in [2.75, 3.05) is 32.0 Å². The van der Waals surface area contributed by atoms with Gasteiger partial charge in [0, 0.05) is 6.54 Å². The molecule has 0 radical (unpaired) electrons. The molecule has 2 aliphatic carbocycles. The summed E-state index contributed by atoms with van der Waals surface area (Å²) in [5.41, 5.74) is 10.8. The van der Waals surface area contributed by atoms with E-state index in [-0.39, 0.29) is 5.60 Å². The Balaban J connectivity index is 1.53. The first kappa shape index (κ1) is 19.9. The van der Waals surface area contributed by atoms with Gasteiger partial charge < -0.3 is 15.4 Å². The van der Waals surface area contributed by atoms with Crippen molar-refractivity contribution < 1.29 is 4.74 Å². The van der Waals surface area contributed by atoms with E-state index >= 15 is 0 Å². The Morgan fingerprint density at radius 3 is 2.50 bits per heavy atom. The number of hydrogen-bond acceptors (Lipinski definition) is 4. The first-order valence-corrected chi connectivity index (χ1v) is 11.3. The van der Waals surface area contributed by atoms with E-state index in [1.165, 1.54) is 50.8 Å². The highest BCUT2D eigenvalue weighted by molar-refractivity contribution is 5.73. The van der Waals surface area contributed by atoms with Gasteiger partial charge in [-0.15, -0.1) is 0 Å². The standard InChI is InChI=1S/C24H37N3O/c1-23(2)13-9-19(10-14-23)22-20(25)7-8-21(26-22)24(11-3-4-12-24)28-18-17-27-15-5-6-16-27/h7-9H,3-6,10-18,25H2,1-2H3. The number of hydrogen-bond donors (Lipinski definition) is 1. The van der Waals surface area contributed by atoms with E-state index in [0.29, 0.717) is 5.41 Å². The molecule has 4 rings (SSSR count). The van der Waals surface area contributed by atoms with Gasteiger partial charge in [-0.2, -0.15) is 0 Å². The zero-order valence-corrected chi connectivity index (χ0v) is 17.8. The number of allylic oxidation sites excluding steroid dienone is 2. The first-order valence-electron chi connectivity index (χ1n) is 11.3. The van der Waals surface area contributed by atoms with Gasteiger partial charge in [0.15, 0.2) is 0 Å². The summed E-state index contributed by atoms with van der Waals surface area (Å²) in [6, 6.07) is 4.18. The lowest BCUT2D eigenvalue weighted by Gasteiger charge is -2.32. The molecule has 1 aliphatic heterocycles. The maximum atomic E-state index is 6.59. The number of aromatic nitrogens is 1. The minimum atomic E-state index is -0.212. The molecule has 0 unspecified atom stereocenters. The maximum absolute atomic E-state index is 6.59. The summed E-state index contributed by atoms with van der Waals surface area (Å²) in [6.45, 7) is 8.99. The van der Waals surface area contributed by atoms with Crippen LogP contribution < -0.4 is 5.73 Å². The van der Waals surface area contributed by atoms with E-state index in [2.05, 4.69) is 37.0 Å². The predicted molar refractivity (Wildman–Crippen MR) is 116 cm³/mol. The van der Waals surface area contributed by atoms with Crippen LogP contribution in [0.4, 0.5) is 5.69 Å². The Bertz CT molecular complexity index is 713. The van der Waals surface area contributed by atoms with Gasteiger partial charge in [-0.3, -0.25) is 0 Å². The van der Waals surface area contributed by atoms with Crippen LogP contribution in [-0.4, -0.2) is 36.1 Å². The molecule has 154 valence electrons. The molecule has 1 aromatic heterocycles. The van der Waals surface area contributed by atoms with Crippen LogP contribution >= 0.6 is 0 Å². The first-order chi connectivity index (χ1) is 13.5. The summed E-state index contributed by atoms with van der Waals surface area (Å²) in [6.07, 6.45) is 13.0. The Hall–Kier alpha value is -1.39. The van der Waals surface area contributed by atoms with Crippen molar-refractivity contribution in [1.82, 2.24) is 9.88 Å². The Labute approximate surface area is 170 Å². The van der Waals surface area contributed by atoms with Crippen molar-refractivity contribution in [3.05, 3.63) is 29.6 Å². The minimum absolute atomic E-state index is 0.212. The summed E-state index contributed by atoms with van der Waals surface area (Å²) in [5, 5.41) is 0. The van der Waals surface area contributed by atoms with E-state index < -0.39 is 0 Å². The summed E-state index contributed by atoms with van der Waals surface area (Å²) >= 11 is 0. The van der Waals surface area contributed by atoms with Crippen molar-refractivity contribution >= 4 is 11.3 Å². The fourth-order valence-corrected chi connectivity index (χ4v) is 5.07. The van der Waals surface area contributed by atoms with Crippen molar-refractivity contribution in [1.29, 1.82) is 0 Å². The normalized spacial score (nSPS) is 24.4. The molecule has 28 heavy (non-hydrogen) atoms. The summed E-state index contributed by atoms with van der Waals surface area (Å²) < 4.78 is 6.59. The van der Waals surface area contributed by atoms with Gasteiger partial charge in [-0.05, 0) is 81.2 Å². The van der Waals surface area contributed by atoms with Crippen molar-refractivity contribution in [3.8, 4) is 0 Å². The Kier molecular flexibility index (Phi) is 5.80. The molecule has 0 amide bonds. The molecule has 4 nitrogen and oxygen atoms in total. The van der Waals surface area contributed by atoms with Crippen LogP contribution in [0.1, 0.15) is 83.0 Å². The molecular formula is C24H37N3O. The topological polar surface area (TPSA) is 51.4 Å². The number of likely N-dealkylation sites (tertiary alicyclic amines) is 1. The highest BCUT2D eigenvalue weighted by Crippen LogP contribution is 2.43. The number of rotatable bonds is 6. The second kappa shape index (κ2) is 8.16. The van der Waals surface area contributed by atoms with Crippen LogP contribution in [0, 0.1) is 5.41 Å². The third-order valence-electron chi connectivity index (χ3n) is 7.07. The second-order valence-corrected chi connectivity index (χ2v) is 9.83. The van der Waals surface area contributed by atoms with E-state index in [0.717, 1.165) is 55.9 Å². The van der Waals surface area contributed by atoms with Crippen LogP contribution in [0.3, 0.4) is 0 Å². The van der Waals surface area contributed by atoms with Gasteiger partial charge >= 0.3 is 0 Å². The molecular weight excluding hydrogens is 346 g/mol. The number of anilines is 1. The molecule has 2 heterocycles. The minimum Gasteiger partial charge on any atom is -0.397 e. The SMILES string of the molecule is CC1(C)CC=C(c2nc(C3(OCCN4CCCC4)CCCC3)ccc2N)CC1. The van der Waals surface area contributed by atoms with Gasteiger partial charge in [0.2, 0.25) is 0 Å². The fourth-order valence-electron chi connectivity index (χ4n) is 5.07. The highest BCUT2D eigenvalue weighted by atomic mass is 16.5. The lowest BCUT2D eigenvalue weighted by atomic mass is 9.77. The molecule has 4 heteroatoms. The Morgan fingerprint density at radius 1 is 1.07 bits per heavy atom. The summed E-state index contributed by atoms with van der Waals surface area (Å²) in [7, 11) is 0. The maximum Gasteiger partial charge on any atom is 0.110 e. The second-order valence-electron chi connectivity index (χ2n) is 9.83. The van der Waals surface area contributed by atoms with Gasteiger partial charge in [0.05, 0.1) is 23.7 Å². The van der Waals surface area contributed by atoms with Crippen molar-refractivity contribution in [2.45, 2.75) is 77.2 Å². The lowest BCUT2D eigenvalue weighted by Crippen LogP contribution is -2.32. The van der Waals surface area contributed by atoms with Gasteiger partial charge in [0.25, 0.3) is 0 Å². The van der Waals surface area contributed by atoms with Crippen molar-refractivity contribution in [2.24, 2.45) is 5.41 Å². The summed E-state index contributed by atoms with van der Waals surface area (Å²) in [5.74, 6) is 0. The molecule has 1 saturated carbocycles. The third-order valence-corrected chi connectivity index (χ3v) is 7.07. The van der Waals surface area contributed by atoms with Gasteiger partial charge in [0.1, 0.15) is 5.60 Å². The molecule has 1 saturated heterocycles. The highest BCUT2D eigenvalue weighted by Gasteiger charge is 2.38. The van der Waals surface area contributed by atoms with Gasteiger partial charge in [-0.25, -0.2) is 4.98 Å². The lowest BCUT2D eigenvalue weighted by molar-refractivity contribution is -0.0546. The number of nitrogens with zero attached hydrogens (tertiary/aromatic N) is 2. The largest absolute Gasteiger partial charge is 0.397 e. The predicted octanol–water partition coefficient (Wildman–Crippen LogP) is 5.14. The smallest absolute Gasteiger partial charge is 0.110 e. The monoisotopic (exact) mass is 383 g/mol. The third kappa shape index (κ3) is 4.28. The average Bonchev–Trinajstić information content (AvgIpc) is 3.35. The van der Waals surface area contributed by atoms with Crippen LogP contribution in [0.5, 0.6) is 0 Å². The molecule has 0 atom stereocenters. The fraction of sp³-hybridized carbons (Fsp3) is 0.708. The number of nitrogens with two attached hydrogens (primary N) is 1. The molecule has 2 N–H and O–H groups in total. The molecule has 1 aromatic rings. The van der Waals surface area contributed by atoms with E-state index in [1.54, 1.807) is 0 Å². The van der Waals surface area contributed by atoms with Crippen LogP contribution in [0.25, 0.3) is 5.57 Å². The molecule has 0 bridgehead atoms. The Morgan fingerprint density at radius 2 is 1.82 bits per heavy atom. The molecule has 2 fully saturated rings. The molecule has 3 aliphatic rings. The molecule has 0 aromatic carbocycles. The van der Waals surface area contributed by atoms with E-state index in [4.69, 9.17) is 15.5 Å². The zero-order valence-electron chi connectivity index (χ0n) is 17.8. The number of ether oxygens (including phenoxy) is 1. The van der Waals surface area contributed by atoms with Crippen LogP contribution in [0.15, 0.2) is 18.2 Å². The van der Waals surface area contributed by atoms with Gasteiger partial charge in [-0.1, -0.05) is 32.8 Å². The molecule has 0 spiro atoms. The van der Waals surface area contributed by atoms with Crippen molar-refractivity contribution in [3.63, 3.8) is 0 Å². The van der Waals surface area contributed by atoms with E-state index in [1.807, 2.05) is 0 Å².